The Kier molecular flexibility index (Phi) is 12.8. The third kappa shape index (κ3) is 11.2. The molecule has 0 unspecified atom stereocenters. The van der Waals surface area contributed by atoms with Crippen LogP contribution in [-0.4, -0.2) is 57.0 Å². The van der Waals surface area contributed by atoms with E-state index >= 15 is 0 Å². The van der Waals surface area contributed by atoms with Crippen LogP contribution >= 0.6 is 15.9 Å². The number of aromatic hydroxyl groups is 1. The van der Waals surface area contributed by atoms with Crippen molar-refractivity contribution < 1.29 is 34.1 Å². The van der Waals surface area contributed by atoms with Gasteiger partial charge in [0.05, 0.1) is 13.2 Å². The van der Waals surface area contributed by atoms with E-state index in [0.29, 0.717) is 42.5 Å². The molecule has 0 saturated heterocycles. The Hall–Kier alpha value is -1.72. The molecule has 0 atom stereocenters. The Balaban J connectivity index is 0.000000389. The summed E-state index contributed by atoms with van der Waals surface area (Å²) in [6.45, 7) is 12.5. The van der Waals surface area contributed by atoms with Crippen molar-refractivity contribution in [3.8, 4) is 23.0 Å². The monoisotopic (exact) mass is 528 g/mol. The van der Waals surface area contributed by atoms with E-state index in [9.17, 15) is 5.11 Å². The van der Waals surface area contributed by atoms with Crippen LogP contribution in [-0.2, 0) is 4.74 Å². The van der Waals surface area contributed by atoms with Crippen molar-refractivity contribution >= 4 is 36.6 Å². The predicted octanol–water partition coefficient (Wildman–Crippen LogP) is 4.01. The average molecular weight is 529 g/mol. The molecule has 32 heavy (non-hydrogen) atoms. The zero-order valence-electron chi connectivity index (χ0n) is 19.4. The maximum Gasteiger partial charge on any atom is 0.488 e. The van der Waals surface area contributed by atoms with Gasteiger partial charge in [-0.1, -0.05) is 41.6 Å². The molecule has 2 aromatic rings. The molecule has 0 amide bonds. The summed E-state index contributed by atoms with van der Waals surface area (Å²) in [5.74, 6) is 1.71. The fraction of sp³-hybridized carbons (Fsp3) is 0.455. The van der Waals surface area contributed by atoms with Crippen molar-refractivity contribution in [3.05, 3.63) is 40.9 Å². The molecule has 0 aromatic heterocycles. The van der Waals surface area contributed by atoms with E-state index in [-0.39, 0.29) is 12.5 Å². The van der Waals surface area contributed by atoms with Gasteiger partial charge in [0.25, 0.3) is 0 Å². The molecule has 0 spiro atoms. The lowest BCUT2D eigenvalue weighted by atomic mass is 9.80. The van der Waals surface area contributed by atoms with Gasteiger partial charge in [-0.2, -0.15) is 0 Å². The van der Waals surface area contributed by atoms with Gasteiger partial charge in [-0.3, -0.25) is 0 Å². The molecule has 178 valence electrons. The molecule has 0 bridgehead atoms. The second-order valence-corrected chi connectivity index (χ2v) is 14.6. The van der Waals surface area contributed by atoms with Crippen LogP contribution in [0.3, 0.4) is 0 Å². The number of hydrogen-bond donors (Lipinski definition) is 3. The zero-order chi connectivity index (χ0) is 24.1. The van der Waals surface area contributed by atoms with Gasteiger partial charge in [-0.25, -0.2) is 0 Å². The summed E-state index contributed by atoms with van der Waals surface area (Å²) in [7, 11) is -2.61. The first-order chi connectivity index (χ1) is 15.1. The van der Waals surface area contributed by atoms with Crippen molar-refractivity contribution in [2.45, 2.75) is 39.5 Å². The number of halogens is 1. The van der Waals surface area contributed by atoms with Gasteiger partial charge >= 0.3 is 7.12 Å². The fourth-order valence-corrected chi connectivity index (χ4v) is 3.47. The SMILES string of the molecule is CCOc1cc(B(O)O)ccc1OCOCC[Si](C)(C)C.CCOc1cc(Br)ccc1O. The van der Waals surface area contributed by atoms with E-state index in [4.69, 9.17) is 29.0 Å². The minimum absolute atomic E-state index is 0.158. The molecule has 0 aliphatic heterocycles. The van der Waals surface area contributed by atoms with Crippen LogP contribution in [0.4, 0.5) is 0 Å². The van der Waals surface area contributed by atoms with Gasteiger partial charge in [0.2, 0.25) is 0 Å². The van der Waals surface area contributed by atoms with Crippen LogP contribution in [0, 0.1) is 0 Å². The zero-order valence-corrected chi connectivity index (χ0v) is 22.0. The number of hydrogen-bond acceptors (Lipinski definition) is 7. The summed E-state index contributed by atoms with van der Waals surface area (Å²) in [5.41, 5.74) is 0.366. The minimum atomic E-state index is -1.52. The number of phenolic OH excluding ortho intramolecular Hbond substituents is 1. The second-order valence-electron chi connectivity index (χ2n) is 8.04. The third-order valence-electron chi connectivity index (χ3n) is 4.08. The highest BCUT2D eigenvalue weighted by molar-refractivity contribution is 9.10. The molecule has 2 aromatic carbocycles. The average Bonchev–Trinajstić information content (AvgIpc) is 2.71. The molecule has 0 saturated carbocycles. The first kappa shape index (κ1) is 28.3. The van der Waals surface area contributed by atoms with E-state index in [1.807, 2.05) is 13.8 Å². The molecule has 0 radical (unpaired) electrons. The van der Waals surface area contributed by atoms with E-state index in [1.54, 1.807) is 36.4 Å². The highest BCUT2D eigenvalue weighted by Gasteiger charge is 2.15. The van der Waals surface area contributed by atoms with Crippen molar-refractivity contribution in [2.75, 3.05) is 26.6 Å². The van der Waals surface area contributed by atoms with Crippen LogP contribution < -0.4 is 19.7 Å². The third-order valence-corrected chi connectivity index (χ3v) is 6.28. The van der Waals surface area contributed by atoms with Crippen molar-refractivity contribution in [1.29, 1.82) is 0 Å². The lowest BCUT2D eigenvalue weighted by Gasteiger charge is -2.16. The number of phenols is 1. The molecule has 0 aliphatic carbocycles. The Morgan fingerprint density at radius 1 is 0.875 bits per heavy atom. The smallest absolute Gasteiger partial charge is 0.488 e. The van der Waals surface area contributed by atoms with Crippen molar-refractivity contribution in [2.24, 2.45) is 0 Å². The molecular formula is C22H34BBrO7Si. The lowest BCUT2D eigenvalue weighted by molar-refractivity contribution is 0.0202. The van der Waals surface area contributed by atoms with E-state index in [1.165, 1.54) is 0 Å². The summed E-state index contributed by atoms with van der Waals surface area (Å²) in [6, 6.07) is 11.0. The van der Waals surface area contributed by atoms with Crippen LogP contribution in [0.5, 0.6) is 23.0 Å². The fourth-order valence-electron chi connectivity index (χ4n) is 2.37. The maximum absolute atomic E-state index is 9.22. The second kappa shape index (κ2) is 14.4. The highest BCUT2D eigenvalue weighted by atomic mass is 79.9. The van der Waals surface area contributed by atoms with Gasteiger partial charge in [0.1, 0.15) is 0 Å². The Morgan fingerprint density at radius 3 is 2.12 bits per heavy atom. The molecule has 10 heteroatoms. The van der Waals surface area contributed by atoms with Crippen LogP contribution in [0.2, 0.25) is 25.7 Å². The van der Waals surface area contributed by atoms with E-state index in [0.717, 1.165) is 10.5 Å². The summed E-state index contributed by atoms with van der Waals surface area (Å²) < 4.78 is 22.5. The number of benzene rings is 2. The summed E-state index contributed by atoms with van der Waals surface area (Å²) in [6.07, 6.45) is 0. The van der Waals surface area contributed by atoms with Crippen molar-refractivity contribution in [1.82, 2.24) is 0 Å². The van der Waals surface area contributed by atoms with Crippen molar-refractivity contribution in [3.63, 3.8) is 0 Å². The van der Waals surface area contributed by atoms with Gasteiger partial charge in [0, 0.05) is 19.2 Å². The maximum atomic E-state index is 9.22. The van der Waals surface area contributed by atoms with Gasteiger partial charge in [0.15, 0.2) is 29.8 Å². The summed E-state index contributed by atoms with van der Waals surface area (Å²) in [4.78, 5) is 0. The molecular weight excluding hydrogens is 495 g/mol. The van der Waals surface area contributed by atoms with Gasteiger partial charge < -0.3 is 34.1 Å². The highest BCUT2D eigenvalue weighted by Crippen LogP contribution is 2.29. The molecule has 7 nitrogen and oxygen atoms in total. The summed E-state index contributed by atoms with van der Waals surface area (Å²) in [5, 5.41) is 27.6. The Morgan fingerprint density at radius 2 is 1.53 bits per heavy atom. The molecule has 0 fully saturated rings. The van der Waals surface area contributed by atoms with E-state index in [2.05, 4.69) is 35.6 Å². The van der Waals surface area contributed by atoms with Crippen LogP contribution in [0.1, 0.15) is 13.8 Å². The molecule has 0 heterocycles. The van der Waals surface area contributed by atoms with Crippen LogP contribution in [0.25, 0.3) is 0 Å². The quantitative estimate of drug-likeness (QED) is 0.230. The van der Waals surface area contributed by atoms with Crippen LogP contribution in [0.15, 0.2) is 40.9 Å². The molecule has 2 rings (SSSR count). The molecule has 0 aliphatic rings. The first-order valence-electron chi connectivity index (χ1n) is 10.5. The largest absolute Gasteiger partial charge is 0.504 e. The Bertz CT molecular complexity index is 815. The predicted molar refractivity (Wildman–Crippen MR) is 134 cm³/mol. The number of rotatable bonds is 11. The standard InChI is InChI=1S/C14H25BO5Si.C8H9BrO2/c1-5-19-14-10-12(15(16)17)6-7-13(14)20-11-18-8-9-21(2,3)4;1-2-11-8-5-6(9)3-4-7(8)10/h6-7,10,16-17H,5,8-9,11H2,1-4H3;3-5,10H,2H2,1H3. The number of ether oxygens (including phenoxy) is 4. The lowest BCUT2D eigenvalue weighted by Crippen LogP contribution is -2.29. The summed E-state index contributed by atoms with van der Waals surface area (Å²) >= 11 is 3.28. The minimum Gasteiger partial charge on any atom is -0.504 e. The first-order valence-corrected chi connectivity index (χ1v) is 15.0. The van der Waals surface area contributed by atoms with Gasteiger partial charge in [-0.15, -0.1) is 0 Å². The normalized spacial score (nSPS) is 10.8. The topological polar surface area (TPSA) is 97.6 Å². The van der Waals surface area contributed by atoms with E-state index < -0.39 is 15.2 Å². The molecule has 3 N–H and O–H groups in total. The van der Waals surface area contributed by atoms with Gasteiger partial charge in [-0.05, 0) is 55.7 Å². The Labute approximate surface area is 200 Å².